The summed E-state index contributed by atoms with van der Waals surface area (Å²) in [4.78, 5) is 26.2. The number of aromatic nitrogens is 2. The van der Waals surface area contributed by atoms with Crippen molar-refractivity contribution in [1.82, 2.24) is 9.78 Å². The van der Waals surface area contributed by atoms with Gasteiger partial charge in [0.2, 0.25) is 5.91 Å². The number of anilines is 2. The van der Waals surface area contributed by atoms with E-state index in [1.807, 2.05) is 19.1 Å². The number of nitrogens with zero attached hydrogens (tertiary/aromatic N) is 3. The number of halogens is 1. The molecule has 3 aromatic rings. The highest BCUT2D eigenvalue weighted by Crippen LogP contribution is 2.32. The van der Waals surface area contributed by atoms with E-state index in [1.54, 1.807) is 35.1 Å². The Bertz CT molecular complexity index is 1060. The summed E-state index contributed by atoms with van der Waals surface area (Å²) in [5.74, 6) is 0.0188. The summed E-state index contributed by atoms with van der Waals surface area (Å²) in [6.45, 7) is 2.12. The van der Waals surface area contributed by atoms with Gasteiger partial charge in [-0.1, -0.05) is 18.2 Å². The molecular formula is C21H19FN4O3. The Hall–Kier alpha value is -3.68. The van der Waals surface area contributed by atoms with Crippen LogP contribution in [0.2, 0.25) is 0 Å². The fourth-order valence-electron chi connectivity index (χ4n) is 3.10. The molecular weight excluding hydrogens is 375 g/mol. The van der Waals surface area contributed by atoms with Gasteiger partial charge < -0.3 is 10.1 Å². The standard InChI is InChI=1S/C21H19FN4O3/c1-14-2-7-18-17(10-14)26(21(28)13-29-18)12-20(27)23-19-8-9-25(24-19)11-15-3-5-16(22)6-4-15/h2-10H,11-13H2,1H3,(H,23,24,27). The van der Waals surface area contributed by atoms with Crippen LogP contribution in [0.5, 0.6) is 5.75 Å². The molecule has 0 saturated heterocycles. The maximum atomic E-state index is 13.0. The number of aryl methyl sites for hydroxylation is 1. The first-order valence-corrected chi connectivity index (χ1v) is 9.09. The second-order valence-corrected chi connectivity index (χ2v) is 6.81. The van der Waals surface area contributed by atoms with Crippen LogP contribution in [0, 0.1) is 12.7 Å². The SMILES string of the molecule is Cc1ccc2c(c1)N(CC(=O)Nc1ccn(Cc3ccc(F)cc3)n1)C(=O)CO2. The summed E-state index contributed by atoms with van der Waals surface area (Å²) < 4.78 is 20.1. The van der Waals surface area contributed by atoms with E-state index >= 15 is 0 Å². The van der Waals surface area contributed by atoms with Gasteiger partial charge in [-0.2, -0.15) is 5.10 Å². The van der Waals surface area contributed by atoms with Crippen molar-refractivity contribution in [3.05, 3.63) is 71.7 Å². The van der Waals surface area contributed by atoms with Crippen molar-refractivity contribution in [3.63, 3.8) is 0 Å². The lowest BCUT2D eigenvalue weighted by Gasteiger charge is -2.29. The molecule has 0 fully saturated rings. The zero-order chi connectivity index (χ0) is 20.4. The van der Waals surface area contributed by atoms with Crippen LogP contribution < -0.4 is 15.0 Å². The summed E-state index contributed by atoms with van der Waals surface area (Å²) in [5.41, 5.74) is 2.43. The molecule has 0 unspecified atom stereocenters. The molecule has 0 bridgehead atoms. The predicted molar refractivity (Wildman–Crippen MR) is 105 cm³/mol. The third-order valence-electron chi connectivity index (χ3n) is 4.53. The van der Waals surface area contributed by atoms with Crippen LogP contribution in [0.4, 0.5) is 15.9 Å². The molecule has 1 N–H and O–H groups in total. The van der Waals surface area contributed by atoms with E-state index in [9.17, 15) is 14.0 Å². The summed E-state index contributed by atoms with van der Waals surface area (Å²) in [7, 11) is 0. The van der Waals surface area contributed by atoms with Crippen molar-refractivity contribution in [2.45, 2.75) is 13.5 Å². The van der Waals surface area contributed by atoms with Gasteiger partial charge in [-0.15, -0.1) is 0 Å². The van der Waals surface area contributed by atoms with E-state index in [2.05, 4.69) is 10.4 Å². The molecule has 29 heavy (non-hydrogen) atoms. The minimum absolute atomic E-state index is 0.102. The number of nitrogens with one attached hydrogen (secondary N) is 1. The van der Waals surface area contributed by atoms with E-state index in [1.165, 1.54) is 17.0 Å². The third kappa shape index (κ3) is 4.26. The molecule has 2 amide bonds. The van der Waals surface area contributed by atoms with Gasteiger partial charge in [-0.3, -0.25) is 19.2 Å². The van der Waals surface area contributed by atoms with Gasteiger partial charge >= 0.3 is 0 Å². The number of hydrogen-bond donors (Lipinski definition) is 1. The largest absolute Gasteiger partial charge is 0.482 e. The Labute approximate surface area is 166 Å². The molecule has 4 rings (SSSR count). The van der Waals surface area contributed by atoms with Crippen molar-refractivity contribution in [1.29, 1.82) is 0 Å². The lowest BCUT2D eigenvalue weighted by molar-refractivity contribution is -0.123. The number of carbonyl (C=O) groups is 2. The molecule has 2 heterocycles. The summed E-state index contributed by atoms with van der Waals surface area (Å²) >= 11 is 0. The first-order valence-electron chi connectivity index (χ1n) is 9.09. The van der Waals surface area contributed by atoms with E-state index in [0.29, 0.717) is 23.8 Å². The monoisotopic (exact) mass is 394 g/mol. The lowest BCUT2D eigenvalue weighted by atomic mass is 10.1. The number of hydrogen-bond acceptors (Lipinski definition) is 4. The molecule has 1 aromatic heterocycles. The van der Waals surface area contributed by atoms with Crippen LogP contribution in [0.25, 0.3) is 0 Å². The van der Waals surface area contributed by atoms with Crippen molar-refractivity contribution < 1.29 is 18.7 Å². The number of amides is 2. The molecule has 2 aromatic carbocycles. The second kappa shape index (κ2) is 7.75. The fraction of sp³-hybridized carbons (Fsp3) is 0.190. The molecule has 7 nitrogen and oxygen atoms in total. The molecule has 0 saturated carbocycles. The highest BCUT2D eigenvalue weighted by Gasteiger charge is 2.27. The molecule has 1 aliphatic heterocycles. The Balaban J connectivity index is 1.42. The Morgan fingerprint density at radius 2 is 2.00 bits per heavy atom. The minimum atomic E-state index is -0.361. The fourth-order valence-corrected chi connectivity index (χ4v) is 3.10. The third-order valence-corrected chi connectivity index (χ3v) is 4.53. The van der Waals surface area contributed by atoms with Crippen LogP contribution in [0.1, 0.15) is 11.1 Å². The molecule has 8 heteroatoms. The van der Waals surface area contributed by atoms with Crippen molar-refractivity contribution in [2.24, 2.45) is 0 Å². The first-order chi connectivity index (χ1) is 14.0. The Morgan fingerprint density at radius 1 is 1.21 bits per heavy atom. The van der Waals surface area contributed by atoms with Crippen molar-refractivity contribution in [3.8, 4) is 5.75 Å². The normalized spacial score (nSPS) is 13.0. The topological polar surface area (TPSA) is 76.5 Å². The molecule has 0 radical (unpaired) electrons. The Kier molecular flexibility index (Phi) is 4.99. The highest BCUT2D eigenvalue weighted by molar-refractivity contribution is 6.04. The maximum Gasteiger partial charge on any atom is 0.265 e. The smallest absolute Gasteiger partial charge is 0.265 e. The molecule has 0 aliphatic carbocycles. The number of benzene rings is 2. The zero-order valence-electron chi connectivity index (χ0n) is 15.8. The summed E-state index contributed by atoms with van der Waals surface area (Å²) in [6.07, 6.45) is 1.72. The van der Waals surface area contributed by atoms with Crippen LogP contribution >= 0.6 is 0 Å². The zero-order valence-corrected chi connectivity index (χ0v) is 15.8. The first kappa shape index (κ1) is 18.7. The van der Waals surface area contributed by atoms with Gasteiger partial charge in [0.1, 0.15) is 18.1 Å². The molecule has 148 valence electrons. The Morgan fingerprint density at radius 3 is 2.79 bits per heavy atom. The van der Waals surface area contributed by atoms with Gasteiger partial charge in [0.25, 0.3) is 5.91 Å². The van der Waals surface area contributed by atoms with E-state index < -0.39 is 0 Å². The highest BCUT2D eigenvalue weighted by atomic mass is 19.1. The van der Waals surface area contributed by atoms with Gasteiger partial charge in [0.05, 0.1) is 12.2 Å². The van der Waals surface area contributed by atoms with E-state index in [-0.39, 0.29) is 30.8 Å². The molecule has 0 spiro atoms. The maximum absolute atomic E-state index is 13.0. The van der Waals surface area contributed by atoms with Crippen molar-refractivity contribution >= 4 is 23.3 Å². The van der Waals surface area contributed by atoms with Crippen LogP contribution in [-0.4, -0.2) is 34.7 Å². The van der Waals surface area contributed by atoms with Crippen LogP contribution in [0.15, 0.2) is 54.7 Å². The van der Waals surface area contributed by atoms with Gasteiger partial charge in [-0.05, 0) is 42.3 Å². The minimum Gasteiger partial charge on any atom is -0.482 e. The number of carbonyl (C=O) groups excluding carboxylic acids is 2. The molecule has 0 atom stereocenters. The second-order valence-electron chi connectivity index (χ2n) is 6.81. The lowest BCUT2D eigenvalue weighted by Crippen LogP contribution is -2.43. The van der Waals surface area contributed by atoms with E-state index in [4.69, 9.17) is 4.74 Å². The summed E-state index contributed by atoms with van der Waals surface area (Å²) in [5, 5.41) is 7.01. The number of rotatable bonds is 5. The van der Waals surface area contributed by atoms with E-state index in [0.717, 1.165) is 11.1 Å². The van der Waals surface area contributed by atoms with Gasteiger partial charge in [0, 0.05) is 12.3 Å². The quantitative estimate of drug-likeness (QED) is 0.722. The van der Waals surface area contributed by atoms with Gasteiger partial charge in [-0.25, -0.2) is 4.39 Å². The summed E-state index contributed by atoms with van der Waals surface area (Å²) in [6, 6.07) is 13.3. The number of ether oxygens (including phenoxy) is 1. The number of fused-ring (bicyclic) bond motifs is 1. The van der Waals surface area contributed by atoms with Crippen LogP contribution in [-0.2, 0) is 16.1 Å². The average Bonchev–Trinajstić information content (AvgIpc) is 3.12. The average molecular weight is 394 g/mol. The predicted octanol–water partition coefficient (Wildman–Crippen LogP) is 2.74. The van der Waals surface area contributed by atoms with Gasteiger partial charge in [0.15, 0.2) is 12.4 Å². The molecule has 1 aliphatic rings. The van der Waals surface area contributed by atoms with Crippen molar-refractivity contribution in [2.75, 3.05) is 23.4 Å². The van der Waals surface area contributed by atoms with Crippen LogP contribution in [0.3, 0.4) is 0 Å².